The second-order valence-electron chi connectivity index (χ2n) is 2.88. The van der Waals surface area contributed by atoms with Gasteiger partial charge in [-0.05, 0) is 6.92 Å². The van der Waals surface area contributed by atoms with Crippen LogP contribution in [-0.2, 0) is 4.74 Å². The number of aliphatic hydroxyl groups excluding tert-OH is 1. The van der Waals surface area contributed by atoms with Gasteiger partial charge in [0.2, 0.25) is 0 Å². The minimum Gasteiger partial charge on any atom is -0.387 e. The van der Waals surface area contributed by atoms with Crippen LogP contribution in [0.3, 0.4) is 0 Å². The molecule has 1 heterocycles. The standard InChI is InChI=1S/C7H14O3.C2H6/c1-3-7(9)6(8)4-5(2)10-7;1-2/h5-6,8-9H,3-4H2,1-2H3;1-2H3/t5-,6+,7?;/m1./s1. The molecule has 1 aliphatic rings. The van der Waals surface area contributed by atoms with Gasteiger partial charge in [-0.15, -0.1) is 0 Å². The Bertz CT molecular complexity index is 127. The molecule has 0 aromatic rings. The van der Waals surface area contributed by atoms with E-state index in [1.165, 1.54) is 0 Å². The minimum atomic E-state index is -1.28. The highest BCUT2D eigenvalue weighted by atomic mass is 16.7. The van der Waals surface area contributed by atoms with E-state index in [2.05, 4.69) is 0 Å². The summed E-state index contributed by atoms with van der Waals surface area (Å²) in [4.78, 5) is 0. The first kappa shape index (κ1) is 11.9. The minimum absolute atomic E-state index is 0.0278. The molecular formula is C9H20O3. The zero-order valence-electron chi connectivity index (χ0n) is 8.37. The maximum Gasteiger partial charge on any atom is 0.192 e. The number of aliphatic hydroxyl groups is 2. The molecule has 0 radical (unpaired) electrons. The van der Waals surface area contributed by atoms with E-state index in [9.17, 15) is 10.2 Å². The van der Waals surface area contributed by atoms with Crippen molar-refractivity contribution in [1.29, 1.82) is 0 Å². The molecule has 0 aromatic heterocycles. The van der Waals surface area contributed by atoms with E-state index in [1.807, 2.05) is 20.8 Å². The molecule has 1 saturated heterocycles. The van der Waals surface area contributed by atoms with Crippen molar-refractivity contribution in [1.82, 2.24) is 0 Å². The first-order chi connectivity index (χ1) is 5.58. The Morgan fingerprint density at radius 3 is 2.17 bits per heavy atom. The van der Waals surface area contributed by atoms with E-state index in [0.29, 0.717) is 12.8 Å². The lowest BCUT2D eigenvalue weighted by molar-refractivity contribution is -0.226. The highest BCUT2D eigenvalue weighted by Gasteiger charge is 2.43. The highest BCUT2D eigenvalue weighted by molar-refractivity contribution is 4.84. The monoisotopic (exact) mass is 176 g/mol. The molecular weight excluding hydrogens is 156 g/mol. The summed E-state index contributed by atoms with van der Waals surface area (Å²) in [5.41, 5.74) is 0. The van der Waals surface area contributed by atoms with Crippen molar-refractivity contribution >= 4 is 0 Å². The molecule has 0 aromatic carbocycles. The average molecular weight is 176 g/mol. The summed E-state index contributed by atoms with van der Waals surface area (Å²) >= 11 is 0. The Balaban J connectivity index is 0.000000561. The van der Waals surface area contributed by atoms with E-state index in [4.69, 9.17) is 4.74 Å². The second kappa shape index (κ2) is 4.80. The van der Waals surface area contributed by atoms with Gasteiger partial charge in [-0.25, -0.2) is 0 Å². The molecule has 2 N–H and O–H groups in total. The van der Waals surface area contributed by atoms with Crippen LogP contribution in [-0.4, -0.2) is 28.2 Å². The van der Waals surface area contributed by atoms with Gasteiger partial charge in [0.25, 0.3) is 0 Å². The number of hydrogen-bond donors (Lipinski definition) is 2. The number of hydrogen-bond acceptors (Lipinski definition) is 3. The molecule has 1 fully saturated rings. The Morgan fingerprint density at radius 2 is 2.00 bits per heavy atom. The maximum absolute atomic E-state index is 9.47. The maximum atomic E-state index is 9.47. The van der Waals surface area contributed by atoms with Gasteiger partial charge in [0.15, 0.2) is 5.79 Å². The largest absolute Gasteiger partial charge is 0.387 e. The van der Waals surface area contributed by atoms with Crippen LogP contribution < -0.4 is 0 Å². The van der Waals surface area contributed by atoms with Crippen LogP contribution in [0.1, 0.15) is 40.5 Å². The van der Waals surface area contributed by atoms with Crippen molar-refractivity contribution in [2.45, 2.75) is 58.5 Å². The van der Waals surface area contributed by atoms with Crippen LogP contribution in [0.25, 0.3) is 0 Å². The van der Waals surface area contributed by atoms with E-state index in [-0.39, 0.29) is 6.10 Å². The normalized spacial score (nSPS) is 40.5. The summed E-state index contributed by atoms with van der Waals surface area (Å²) in [6.07, 6.45) is 0.232. The summed E-state index contributed by atoms with van der Waals surface area (Å²) in [6.45, 7) is 7.64. The van der Waals surface area contributed by atoms with Crippen molar-refractivity contribution < 1.29 is 14.9 Å². The van der Waals surface area contributed by atoms with E-state index >= 15 is 0 Å². The summed E-state index contributed by atoms with van der Waals surface area (Å²) in [6, 6.07) is 0. The fourth-order valence-corrected chi connectivity index (χ4v) is 1.29. The predicted molar refractivity (Wildman–Crippen MR) is 47.8 cm³/mol. The number of rotatable bonds is 1. The molecule has 0 amide bonds. The van der Waals surface area contributed by atoms with Crippen molar-refractivity contribution in [2.24, 2.45) is 0 Å². The van der Waals surface area contributed by atoms with Gasteiger partial charge in [-0.2, -0.15) is 0 Å². The SMILES string of the molecule is CC.CCC1(O)O[C@H](C)C[C@@H]1O. The van der Waals surface area contributed by atoms with Crippen LogP contribution >= 0.6 is 0 Å². The smallest absolute Gasteiger partial charge is 0.192 e. The predicted octanol–water partition coefficient (Wildman–Crippen LogP) is 1.28. The first-order valence-corrected chi connectivity index (χ1v) is 4.66. The topological polar surface area (TPSA) is 49.7 Å². The van der Waals surface area contributed by atoms with Gasteiger partial charge >= 0.3 is 0 Å². The van der Waals surface area contributed by atoms with Crippen molar-refractivity contribution in [2.75, 3.05) is 0 Å². The summed E-state index contributed by atoms with van der Waals surface area (Å²) in [5, 5.41) is 18.7. The van der Waals surface area contributed by atoms with Crippen LogP contribution in [0.5, 0.6) is 0 Å². The van der Waals surface area contributed by atoms with Crippen LogP contribution in [0.15, 0.2) is 0 Å². The molecule has 3 heteroatoms. The first-order valence-electron chi connectivity index (χ1n) is 4.66. The Morgan fingerprint density at radius 1 is 1.50 bits per heavy atom. The quantitative estimate of drug-likeness (QED) is 0.632. The Hall–Kier alpha value is -0.120. The van der Waals surface area contributed by atoms with Gasteiger partial charge in [0.05, 0.1) is 6.10 Å². The molecule has 1 aliphatic heterocycles. The lowest BCUT2D eigenvalue weighted by Gasteiger charge is -2.23. The fraction of sp³-hybridized carbons (Fsp3) is 1.00. The van der Waals surface area contributed by atoms with Gasteiger partial charge < -0.3 is 14.9 Å². The summed E-state index contributed by atoms with van der Waals surface area (Å²) < 4.78 is 5.12. The van der Waals surface area contributed by atoms with Gasteiger partial charge in [0.1, 0.15) is 6.10 Å². The zero-order chi connectivity index (χ0) is 9.78. The average Bonchev–Trinajstić information content (AvgIpc) is 2.31. The third kappa shape index (κ3) is 2.44. The van der Waals surface area contributed by atoms with Crippen LogP contribution in [0.4, 0.5) is 0 Å². The number of ether oxygens (including phenoxy) is 1. The molecule has 1 rings (SSSR count). The molecule has 3 atom stereocenters. The van der Waals surface area contributed by atoms with Crippen LogP contribution in [0, 0.1) is 0 Å². The molecule has 0 spiro atoms. The van der Waals surface area contributed by atoms with Crippen molar-refractivity contribution in [3.05, 3.63) is 0 Å². The molecule has 1 unspecified atom stereocenters. The molecule has 3 nitrogen and oxygen atoms in total. The highest BCUT2D eigenvalue weighted by Crippen LogP contribution is 2.30. The third-order valence-electron chi connectivity index (χ3n) is 1.99. The van der Waals surface area contributed by atoms with Gasteiger partial charge in [-0.1, -0.05) is 20.8 Å². The summed E-state index contributed by atoms with van der Waals surface area (Å²) in [5.74, 6) is -1.28. The Kier molecular flexibility index (Phi) is 4.75. The molecule has 74 valence electrons. The van der Waals surface area contributed by atoms with E-state index < -0.39 is 11.9 Å². The van der Waals surface area contributed by atoms with E-state index in [0.717, 1.165) is 0 Å². The fourth-order valence-electron chi connectivity index (χ4n) is 1.29. The molecule has 0 aliphatic carbocycles. The van der Waals surface area contributed by atoms with Crippen molar-refractivity contribution in [3.8, 4) is 0 Å². The summed E-state index contributed by atoms with van der Waals surface area (Å²) in [7, 11) is 0. The lowest BCUT2D eigenvalue weighted by Crippen LogP contribution is -2.38. The van der Waals surface area contributed by atoms with E-state index in [1.54, 1.807) is 6.92 Å². The molecule has 0 bridgehead atoms. The van der Waals surface area contributed by atoms with Gasteiger partial charge in [0, 0.05) is 12.8 Å². The van der Waals surface area contributed by atoms with Crippen molar-refractivity contribution in [3.63, 3.8) is 0 Å². The Labute approximate surface area is 74.4 Å². The second-order valence-corrected chi connectivity index (χ2v) is 2.88. The lowest BCUT2D eigenvalue weighted by atomic mass is 10.1. The zero-order valence-corrected chi connectivity index (χ0v) is 8.37. The molecule has 12 heavy (non-hydrogen) atoms. The van der Waals surface area contributed by atoms with Crippen LogP contribution in [0.2, 0.25) is 0 Å². The van der Waals surface area contributed by atoms with Gasteiger partial charge in [-0.3, -0.25) is 0 Å². The molecule has 0 saturated carbocycles. The third-order valence-corrected chi connectivity index (χ3v) is 1.99.